The molecule has 1 N–H and O–H groups in total. The van der Waals surface area contributed by atoms with Gasteiger partial charge in [-0.15, -0.1) is 0 Å². The molecule has 0 saturated heterocycles. The van der Waals surface area contributed by atoms with Gasteiger partial charge in [-0.05, 0) is 58.2 Å². The molecule has 196 valence electrons. The Hall–Kier alpha value is -3.24. The van der Waals surface area contributed by atoms with Gasteiger partial charge in [0.15, 0.2) is 0 Å². The Bertz CT molecular complexity index is 1320. The molecule has 0 radical (unpaired) electrons. The summed E-state index contributed by atoms with van der Waals surface area (Å²) in [7, 11) is -3.86. The van der Waals surface area contributed by atoms with Crippen LogP contribution in [0.1, 0.15) is 18.1 Å². The van der Waals surface area contributed by atoms with Crippen LogP contribution in [-0.2, 0) is 32.6 Å². The number of amides is 2. The predicted molar refractivity (Wildman–Crippen MR) is 146 cm³/mol. The maximum absolute atomic E-state index is 13.8. The minimum absolute atomic E-state index is 0.0126. The van der Waals surface area contributed by atoms with Gasteiger partial charge in [0.05, 0.1) is 11.9 Å². The van der Waals surface area contributed by atoms with Gasteiger partial charge in [-0.3, -0.25) is 13.9 Å². The molecule has 10 heteroatoms. The highest BCUT2D eigenvalue weighted by atomic mass is 79.9. The average molecular weight is 591 g/mol. The van der Waals surface area contributed by atoms with Gasteiger partial charge in [0.1, 0.15) is 18.4 Å². The molecule has 0 spiro atoms. The number of anilines is 1. The van der Waals surface area contributed by atoms with Crippen molar-refractivity contribution < 1.29 is 22.4 Å². The van der Waals surface area contributed by atoms with Crippen LogP contribution in [0.4, 0.5) is 10.1 Å². The fraction of sp³-hybridized carbons (Fsp3) is 0.259. The molecule has 0 aliphatic heterocycles. The number of halogens is 2. The van der Waals surface area contributed by atoms with Gasteiger partial charge in [0.25, 0.3) is 0 Å². The first-order valence-corrected chi connectivity index (χ1v) is 14.3. The fourth-order valence-electron chi connectivity index (χ4n) is 3.88. The molecule has 3 rings (SSSR count). The second-order valence-corrected chi connectivity index (χ2v) is 11.2. The molecular formula is C27H29BrFN3O4S. The average Bonchev–Trinajstić information content (AvgIpc) is 2.86. The molecule has 3 aromatic rings. The standard InChI is InChI=1S/C27H29BrFN3O4S/c1-3-30-27(34)25(17-20-9-5-4-6-10-20)31(18-21-13-15-22(29)16-14-21)26(33)19-32(37(2,35)36)24-12-8-7-11-23(24)28/h4-16,25H,3,17-19H2,1-2H3,(H,30,34). The summed E-state index contributed by atoms with van der Waals surface area (Å²) >= 11 is 3.36. The lowest BCUT2D eigenvalue weighted by atomic mass is 10.0. The Morgan fingerprint density at radius 3 is 2.16 bits per heavy atom. The number of hydrogen-bond donors (Lipinski definition) is 1. The number of nitrogens with one attached hydrogen (secondary N) is 1. The normalized spacial score (nSPS) is 12.0. The molecule has 1 atom stereocenters. The van der Waals surface area contributed by atoms with Gasteiger partial charge in [-0.2, -0.15) is 0 Å². The van der Waals surface area contributed by atoms with Crippen LogP contribution in [0.3, 0.4) is 0 Å². The highest BCUT2D eigenvalue weighted by molar-refractivity contribution is 9.10. The topological polar surface area (TPSA) is 86.8 Å². The van der Waals surface area contributed by atoms with Crippen LogP contribution in [-0.4, -0.2) is 50.5 Å². The zero-order chi connectivity index (χ0) is 27.0. The van der Waals surface area contributed by atoms with Crippen LogP contribution in [0, 0.1) is 5.82 Å². The minimum atomic E-state index is -3.86. The van der Waals surface area contributed by atoms with Crippen molar-refractivity contribution in [3.8, 4) is 0 Å². The molecular weight excluding hydrogens is 561 g/mol. The van der Waals surface area contributed by atoms with Gasteiger partial charge >= 0.3 is 0 Å². The second-order valence-electron chi connectivity index (χ2n) is 8.47. The zero-order valence-corrected chi connectivity index (χ0v) is 23.0. The van der Waals surface area contributed by atoms with Crippen LogP contribution in [0.5, 0.6) is 0 Å². The van der Waals surface area contributed by atoms with Gasteiger partial charge in [-0.25, -0.2) is 12.8 Å². The van der Waals surface area contributed by atoms with Crippen LogP contribution >= 0.6 is 15.9 Å². The van der Waals surface area contributed by atoms with E-state index in [1.807, 2.05) is 30.3 Å². The van der Waals surface area contributed by atoms with Crippen molar-refractivity contribution in [2.75, 3.05) is 23.7 Å². The smallest absolute Gasteiger partial charge is 0.244 e. The van der Waals surface area contributed by atoms with E-state index < -0.39 is 34.3 Å². The van der Waals surface area contributed by atoms with Crippen molar-refractivity contribution in [1.29, 1.82) is 0 Å². The van der Waals surface area contributed by atoms with Crippen molar-refractivity contribution in [1.82, 2.24) is 10.2 Å². The number of carbonyl (C=O) groups is 2. The summed E-state index contributed by atoms with van der Waals surface area (Å²) in [6.07, 6.45) is 1.24. The molecule has 0 heterocycles. The van der Waals surface area contributed by atoms with Gasteiger partial charge in [0.2, 0.25) is 21.8 Å². The summed E-state index contributed by atoms with van der Waals surface area (Å²) in [5.74, 6) is -1.37. The van der Waals surface area contributed by atoms with Crippen molar-refractivity contribution in [2.24, 2.45) is 0 Å². The number of para-hydroxylation sites is 1. The maximum atomic E-state index is 13.8. The first-order chi connectivity index (χ1) is 17.6. The first kappa shape index (κ1) is 28.3. The van der Waals surface area contributed by atoms with E-state index in [4.69, 9.17) is 0 Å². The molecule has 2 amide bonds. The third kappa shape index (κ3) is 7.87. The van der Waals surface area contributed by atoms with E-state index in [9.17, 15) is 22.4 Å². The Morgan fingerprint density at radius 2 is 1.57 bits per heavy atom. The SMILES string of the molecule is CCNC(=O)C(Cc1ccccc1)N(Cc1ccc(F)cc1)C(=O)CN(c1ccccc1Br)S(C)(=O)=O. The lowest BCUT2D eigenvalue weighted by Crippen LogP contribution is -2.53. The molecule has 37 heavy (non-hydrogen) atoms. The zero-order valence-electron chi connectivity index (χ0n) is 20.6. The summed E-state index contributed by atoms with van der Waals surface area (Å²) in [5.41, 5.74) is 1.74. The van der Waals surface area contributed by atoms with E-state index in [0.717, 1.165) is 16.1 Å². The van der Waals surface area contributed by atoms with E-state index in [-0.39, 0.29) is 18.9 Å². The summed E-state index contributed by atoms with van der Waals surface area (Å²) in [6, 6.07) is 20.6. The molecule has 0 fully saturated rings. The number of sulfonamides is 1. The predicted octanol–water partition coefficient (Wildman–Crippen LogP) is 4.13. The van der Waals surface area contributed by atoms with Crippen molar-refractivity contribution >= 4 is 43.5 Å². The van der Waals surface area contributed by atoms with Crippen LogP contribution in [0.15, 0.2) is 83.3 Å². The number of nitrogens with zero attached hydrogens (tertiary/aromatic N) is 2. The Morgan fingerprint density at radius 1 is 0.946 bits per heavy atom. The number of benzene rings is 3. The molecule has 0 aliphatic carbocycles. The minimum Gasteiger partial charge on any atom is -0.355 e. The molecule has 3 aromatic carbocycles. The van der Waals surface area contributed by atoms with Gasteiger partial charge < -0.3 is 10.2 Å². The second kappa shape index (κ2) is 12.8. The molecule has 7 nitrogen and oxygen atoms in total. The van der Waals surface area contributed by atoms with E-state index in [0.29, 0.717) is 22.3 Å². The van der Waals surface area contributed by atoms with Crippen LogP contribution < -0.4 is 9.62 Å². The van der Waals surface area contributed by atoms with E-state index in [1.54, 1.807) is 31.2 Å². The maximum Gasteiger partial charge on any atom is 0.244 e. The molecule has 0 bridgehead atoms. The quantitative estimate of drug-likeness (QED) is 0.364. The highest BCUT2D eigenvalue weighted by Gasteiger charge is 2.33. The van der Waals surface area contributed by atoms with Crippen LogP contribution in [0.2, 0.25) is 0 Å². The monoisotopic (exact) mass is 589 g/mol. The largest absolute Gasteiger partial charge is 0.355 e. The molecule has 0 saturated carbocycles. The first-order valence-electron chi connectivity index (χ1n) is 11.7. The third-order valence-electron chi connectivity index (χ3n) is 5.69. The molecule has 0 aromatic heterocycles. The number of rotatable bonds is 11. The van der Waals surface area contributed by atoms with Crippen LogP contribution in [0.25, 0.3) is 0 Å². The van der Waals surface area contributed by atoms with E-state index >= 15 is 0 Å². The summed E-state index contributed by atoms with van der Waals surface area (Å²) in [4.78, 5) is 28.4. The van der Waals surface area contributed by atoms with E-state index in [1.165, 1.54) is 29.2 Å². The highest BCUT2D eigenvalue weighted by Crippen LogP contribution is 2.28. The Kier molecular flexibility index (Phi) is 9.82. The van der Waals surface area contributed by atoms with Gasteiger partial charge in [0, 0.05) is 24.0 Å². The Labute approximate surface area is 225 Å². The third-order valence-corrected chi connectivity index (χ3v) is 7.49. The fourth-order valence-corrected chi connectivity index (χ4v) is 5.36. The molecule has 1 unspecified atom stereocenters. The Balaban J connectivity index is 2.04. The van der Waals surface area contributed by atoms with Crippen molar-refractivity contribution in [3.63, 3.8) is 0 Å². The number of carbonyl (C=O) groups excluding carboxylic acids is 2. The van der Waals surface area contributed by atoms with Gasteiger partial charge in [-0.1, -0.05) is 54.6 Å². The lowest BCUT2D eigenvalue weighted by molar-refractivity contribution is -0.140. The lowest BCUT2D eigenvalue weighted by Gasteiger charge is -2.33. The van der Waals surface area contributed by atoms with Crippen molar-refractivity contribution in [2.45, 2.75) is 25.9 Å². The molecule has 0 aliphatic rings. The number of likely N-dealkylation sites (N-methyl/N-ethyl adjacent to an activating group) is 1. The van der Waals surface area contributed by atoms with Crippen molar-refractivity contribution in [3.05, 3.63) is 100 Å². The summed E-state index contributed by atoms with van der Waals surface area (Å²) in [6.45, 7) is 1.60. The summed E-state index contributed by atoms with van der Waals surface area (Å²) in [5, 5.41) is 2.79. The summed E-state index contributed by atoms with van der Waals surface area (Å²) < 4.78 is 40.6. The van der Waals surface area contributed by atoms with E-state index in [2.05, 4.69) is 21.2 Å². The number of hydrogen-bond acceptors (Lipinski definition) is 4.